The molecule has 0 aliphatic carbocycles. The van der Waals surface area contributed by atoms with Gasteiger partial charge in [0.2, 0.25) is 0 Å². The van der Waals surface area contributed by atoms with Crippen LogP contribution in [-0.2, 0) is 25.1 Å². The first kappa shape index (κ1) is 14.8. The Hall–Kier alpha value is -1.25. The Morgan fingerprint density at radius 2 is 2.17 bits per heavy atom. The lowest BCUT2D eigenvalue weighted by Crippen LogP contribution is -2.38. The summed E-state index contributed by atoms with van der Waals surface area (Å²) in [5.74, 6) is -2.68. The second kappa shape index (κ2) is 6.07. The first-order valence-electron chi connectivity index (χ1n) is 5.26. The van der Waals surface area contributed by atoms with E-state index >= 15 is 0 Å². The second-order valence-corrected chi connectivity index (χ2v) is 4.82. The van der Waals surface area contributed by atoms with Gasteiger partial charge in [0, 0.05) is 12.5 Å². The summed E-state index contributed by atoms with van der Waals surface area (Å²) >= 11 is -2.70. The average molecular weight is 277 g/mol. The van der Waals surface area contributed by atoms with Crippen molar-refractivity contribution in [2.45, 2.75) is 19.4 Å². The van der Waals surface area contributed by atoms with Gasteiger partial charge >= 0.3 is 23.3 Å². The van der Waals surface area contributed by atoms with Crippen LogP contribution in [0.1, 0.15) is 13.3 Å². The van der Waals surface area contributed by atoms with Crippen LogP contribution in [0.5, 0.6) is 0 Å². The minimum Gasteiger partial charge on any atom is -0.481 e. The maximum Gasteiger partial charge on any atom is 0.360 e. The molecule has 3 N–H and O–H groups in total. The van der Waals surface area contributed by atoms with E-state index in [-0.39, 0.29) is 12.3 Å². The Labute approximate surface area is 107 Å². The molecule has 7 nitrogen and oxygen atoms in total. The molecular formula is C10H15NO6S. The number of hydrogen-bond donors (Lipinski definition) is 3. The largest absolute Gasteiger partial charge is 0.481 e. The highest BCUT2D eigenvalue weighted by molar-refractivity contribution is 7.74. The van der Waals surface area contributed by atoms with E-state index in [9.17, 15) is 13.8 Å². The van der Waals surface area contributed by atoms with E-state index in [0.717, 1.165) is 5.57 Å². The van der Waals surface area contributed by atoms with Crippen molar-refractivity contribution in [3.8, 4) is 0 Å². The third-order valence-corrected chi connectivity index (χ3v) is 3.26. The fourth-order valence-corrected chi connectivity index (χ4v) is 2.41. The zero-order chi connectivity index (χ0) is 13.9. The molecule has 1 heterocycles. The van der Waals surface area contributed by atoms with E-state index in [1.165, 1.54) is 0 Å². The van der Waals surface area contributed by atoms with Crippen LogP contribution in [0, 0.1) is 11.8 Å². The molecule has 0 aromatic heterocycles. The molecule has 0 spiro atoms. The van der Waals surface area contributed by atoms with Crippen LogP contribution in [0.4, 0.5) is 0 Å². The molecule has 0 saturated carbocycles. The zero-order valence-corrected chi connectivity index (χ0v) is 10.6. The summed E-state index contributed by atoms with van der Waals surface area (Å²) < 4.78 is 23.1. The third kappa shape index (κ3) is 3.62. The van der Waals surface area contributed by atoms with Crippen LogP contribution in [-0.4, -0.2) is 38.4 Å². The quantitative estimate of drug-likeness (QED) is 0.476. The molecule has 0 radical (unpaired) electrons. The molecule has 8 heteroatoms. The predicted molar refractivity (Wildman–Crippen MR) is 62.7 cm³/mol. The molecule has 1 aliphatic rings. The molecule has 1 aliphatic heterocycles. The highest BCUT2D eigenvalue weighted by Crippen LogP contribution is 2.31. The van der Waals surface area contributed by atoms with Gasteiger partial charge in [-0.3, -0.25) is 9.35 Å². The van der Waals surface area contributed by atoms with Gasteiger partial charge in [0.25, 0.3) is 0 Å². The number of nitrogens with one attached hydrogen (secondary N) is 1. The van der Waals surface area contributed by atoms with Gasteiger partial charge < -0.3 is 14.6 Å². The summed E-state index contributed by atoms with van der Waals surface area (Å²) in [6, 6.07) is -0.904. The van der Waals surface area contributed by atoms with Gasteiger partial charge in [-0.2, -0.15) is 4.21 Å². The van der Waals surface area contributed by atoms with Crippen LogP contribution in [0.2, 0.25) is 0 Å². The van der Waals surface area contributed by atoms with E-state index in [1.807, 2.05) is 0 Å². The van der Waals surface area contributed by atoms with Gasteiger partial charge in [-0.05, 0) is 12.8 Å². The standard InChI is InChI=1S/C10H15NO6S/c1-5(2)7-4-11-9(6(7)3-8(12)13)10(14)17-18(15)16/h6-7,9,11H,1,3-4H2,2H3,(H,12,13)(H,15,16)/t6-,7+,9-/m0/s1. The first-order valence-corrected chi connectivity index (χ1v) is 6.29. The Bertz CT molecular complexity index is 396. The van der Waals surface area contributed by atoms with Crippen LogP contribution in [0.15, 0.2) is 12.2 Å². The SMILES string of the molecule is C=C(C)[C@H]1CN[C@H](C(=O)OS(=O)O)[C@H]1CC(=O)O. The Morgan fingerprint density at radius 1 is 1.56 bits per heavy atom. The van der Waals surface area contributed by atoms with Crippen molar-refractivity contribution in [3.63, 3.8) is 0 Å². The summed E-state index contributed by atoms with van der Waals surface area (Å²) in [6.07, 6.45) is -0.234. The van der Waals surface area contributed by atoms with Crippen LogP contribution in [0.3, 0.4) is 0 Å². The smallest absolute Gasteiger partial charge is 0.360 e. The van der Waals surface area contributed by atoms with Gasteiger partial charge in [-0.25, -0.2) is 4.79 Å². The topological polar surface area (TPSA) is 113 Å². The van der Waals surface area contributed by atoms with E-state index in [1.54, 1.807) is 6.92 Å². The molecule has 0 amide bonds. The van der Waals surface area contributed by atoms with Crippen molar-refractivity contribution in [2.75, 3.05) is 6.54 Å². The maximum absolute atomic E-state index is 11.6. The van der Waals surface area contributed by atoms with Crippen molar-refractivity contribution in [2.24, 2.45) is 11.8 Å². The van der Waals surface area contributed by atoms with Crippen LogP contribution < -0.4 is 5.32 Å². The molecule has 1 fully saturated rings. The number of carboxylic acid groups (broad SMARTS) is 1. The fourth-order valence-electron chi connectivity index (χ4n) is 2.17. The summed E-state index contributed by atoms with van der Waals surface area (Å²) in [6.45, 7) is 5.90. The Kier molecular flexibility index (Phi) is 5.00. The Morgan fingerprint density at radius 3 is 2.61 bits per heavy atom. The number of carbonyl (C=O) groups is 2. The van der Waals surface area contributed by atoms with Gasteiger partial charge in [-0.15, -0.1) is 0 Å². The van der Waals surface area contributed by atoms with Gasteiger partial charge in [-0.1, -0.05) is 12.2 Å². The van der Waals surface area contributed by atoms with Gasteiger partial charge in [0.05, 0.1) is 6.42 Å². The summed E-state index contributed by atoms with van der Waals surface area (Å²) in [5, 5.41) is 11.6. The number of carbonyl (C=O) groups excluding carboxylic acids is 1. The van der Waals surface area contributed by atoms with Crippen molar-refractivity contribution >= 4 is 23.3 Å². The number of rotatable bonds is 5. The maximum atomic E-state index is 11.6. The molecule has 102 valence electrons. The van der Waals surface area contributed by atoms with Crippen molar-refractivity contribution in [1.29, 1.82) is 0 Å². The van der Waals surface area contributed by atoms with Gasteiger partial charge in [0.1, 0.15) is 6.04 Å². The first-order chi connectivity index (χ1) is 8.32. The lowest BCUT2D eigenvalue weighted by molar-refractivity contribution is -0.140. The van der Waals surface area contributed by atoms with E-state index in [4.69, 9.17) is 9.66 Å². The molecule has 1 rings (SSSR count). The minimum absolute atomic E-state index is 0.175. The van der Waals surface area contributed by atoms with Crippen molar-refractivity contribution in [3.05, 3.63) is 12.2 Å². The fraction of sp³-hybridized carbons (Fsp3) is 0.600. The number of hydrogen-bond acceptors (Lipinski definition) is 5. The highest BCUT2D eigenvalue weighted by Gasteiger charge is 2.42. The summed E-state index contributed by atoms with van der Waals surface area (Å²) in [4.78, 5) is 22.4. The second-order valence-electron chi connectivity index (χ2n) is 4.22. The predicted octanol–water partition coefficient (Wildman–Crippen LogP) is -0.0787. The number of aliphatic carboxylic acids is 1. The van der Waals surface area contributed by atoms with Crippen molar-refractivity contribution in [1.82, 2.24) is 5.32 Å². The highest BCUT2D eigenvalue weighted by atomic mass is 32.2. The minimum atomic E-state index is -2.70. The molecule has 1 unspecified atom stereocenters. The monoisotopic (exact) mass is 277 g/mol. The molecule has 18 heavy (non-hydrogen) atoms. The molecule has 4 atom stereocenters. The van der Waals surface area contributed by atoms with E-state index in [0.29, 0.717) is 6.54 Å². The molecule has 0 aromatic carbocycles. The molecule has 0 bridgehead atoms. The van der Waals surface area contributed by atoms with E-state index in [2.05, 4.69) is 16.1 Å². The number of carboxylic acids is 1. The van der Waals surface area contributed by atoms with Crippen molar-refractivity contribution < 1.29 is 27.6 Å². The summed E-state index contributed by atoms with van der Waals surface area (Å²) in [5.41, 5.74) is 0.758. The van der Waals surface area contributed by atoms with Crippen LogP contribution in [0.25, 0.3) is 0 Å². The molecule has 0 aromatic rings. The third-order valence-electron chi connectivity index (χ3n) is 2.95. The lowest BCUT2D eigenvalue weighted by Gasteiger charge is -2.20. The van der Waals surface area contributed by atoms with Gasteiger partial charge in [0.15, 0.2) is 0 Å². The Balaban J connectivity index is 2.83. The van der Waals surface area contributed by atoms with E-state index < -0.39 is 35.3 Å². The molecule has 1 saturated heterocycles. The zero-order valence-electron chi connectivity index (χ0n) is 9.79. The average Bonchev–Trinajstić information content (AvgIpc) is 2.59. The normalized spacial score (nSPS) is 28.7. The van der Waals surface area contributed by atoms with Crippen LogP contribution >= 0.6 is 0 Å². The molecular weight excluding hydrogens is 262 g/mol. The summed E-state index contributed by atoms with van der Waals surface area (Å²) in [7, 11) is 0. The lowest BCUT2D eigenvalue weighted by atomic mass is 9.84.